The molecule has 0 radical (unpaired) electrons. The minimum atomic E-state index is -0.494. The molecule has 2 rings (SSSR count). The molecule has 1 amide bonds. The monoisotopic (exact) mass is 271 g/mol. The van der Waals surface area contributed by atoms with Crippen molar-refractivity contribution in [2.45, 2.75) is 19.9 Å². The molecule has 0 fully saturated rings. The maximum atomic E-state index is 12.0. The molecule has 0 heterocycles. The maximum absolute atomic E-state index is 12.0. The van der Waals surface area contributed by atoms with Gasteiger partial charge in [-0.3, -0.25) is 4.79 Å². The van der Waals surface area contributed by atoms with Gasteiger partial charge in [-0.25, -0.2) is 0 Å². The Bertz CT molecular complexity index is 603. The molecule has 2 aromatic rings. The number of carbonyl (C=O) groups excluding carboxylic acids is 1. The molecule has 3 N–H and O–H groups in total. The number of phenols is 2. The van der Waals surface area contributed by atoms with Crippen LogP contribution in [0.15, 0.2) is 42.5 Å². The molecule has 4 nitrogen and oxygen atoms in total. The second-order valence-corrected chi connectivity index (χ2v) is 4.48. The summed E-state index contributed by atoms with van der Waals surface area (Å²) in [4.78, 5) is 12.0. The third-order valence-electron chi connectivity index (χ3n) is 3.19. The highest BCUT2D eigenvalue weighted by molar-refractivity contribution is 5.99. The maximum Gasteiger partial charge on any atom is 0.259 e. The summed E-state index contributed by atoms with van der Waals surface area (Å²) in [6.45, 7) is 2.41. The summed E-state index contributed by atoms with van der Waals surface area (Å²) >= 11 is 0. The van der Waals surface area contributed by atoms with Gasteiger partial charge in [0.1, 0.15) is 17.1 Å². The molecule has 0 aromatic heterocycles. The summed E-state index contributed by atoms with van der Waals surface area (Å²) in [5.41, 5.74) is 2.09. The van der Waals surface area contributed by atoms with Gasteiger partial charge in [0.05, 0.1) is 0 Å². The van der Waals surface area contributed by atoms with Crippen molar-refractivity contribution in [2.24, 2.45) is 0 Å². The highest BCUT2D eigenvalue weighted by atomic mass is 16.3. The van der Waals surface area contributed by atoms with Gasteiger partial charge in [-0.2, -0.15) is 0 Å². The van der Waals surface area contributed by atoms with E-state index >= 15 is 0 Å². The first kappa shape index (κ1) is 13.9. The first-order chi connectivity index (χ1) is 9.63. The van der Waals surface area contributed by atoms with Gasteiger partial charge in [0.25, 0.3) is 5.91 Å². The molecule has 0 atom stereocenters. The van der Waals surface area contributed by atoms with Gasteiger partial charge < -0.3 is 15.5 Å². The Kier molecular flexibility index (Phi) is 4.25. The highest BCUT2D eigenvalue weighted by Gasteiger charge is 2.15. The van der Waals surface area contributed by atoms with Crippen LogP contribution in [0.4, 0.5) is 0 Å². The molecule has 0 saturated heterocycles. The molecular formula is C16H17NO3. The van der Waals surface area contributed by atoms with E-state index in [0.717, 1.165) is 17.5 Å². The number of phenolic OH excluding ortho intramolecular Hbond substituents is 2. The molecule has 0 bridgehead atoms. The Balaban J connectivity index is 2.13. The van der Waals surface area contributed by atoms with E-state index in [2.05, 4.69) is 12.2 Å². The third kappa shape index (κ3) is 2.91. The topological polar surface area (TPSA) is 69.6 Å². The van der Waals surface area contributed by atoms with E-state index in [9.17, 15) is 15.0 Å². The van der Waals surface area contributed by atoms with E-state index in [4.69, 9.17) is 0 Å². The Morgan fingerprint density at radius 3 is 2.20 bits per heavy atom. The average molecular weight is 271 g/mol. The number of rotatable bonds is 4. The molecule has 104 valence electrons. The highest BCUT2D eigenvalue weighted by Crippen LogP contribution is 2.26. The zero-order valence-corrected chi connectivity index (χ0v) is 11.3. The van der Waals surface area contributed by atoms with Crippen molar-refractivity contribution >= 4 is 5.91 Å². The molecule has 0 aliphatic rings. The Labute approximate surface area is 117 Å². The lowest BCUT2D eigenvalue weighted by atomic mass is 10.1. The minimum Gasteiger partial charge on any atom is -0.507 e. The van der Waals surface area contributed by atoms with Crippen LogP contribution in [0.2, 0.25) is 0 Å². The van der Waals surface area contributed by atoms with Gasteiger partial charge in [0.2, 0.25) is 0 Å². The van der Waals surface area contributed by atoms with Gasteiger partial charge in [0.15, 0.2) is 0 Å². The molecule has 4 heteroatoms. The lowest BCUT2D eigenvalue weighted by Crippen LogP contribution is -2.23. The van der Waals surface area contributed by atoms with Crippen molar-refractivity contribution in [2.75, 3.05) is 0 Å². The van der Waals surface area contributed by atoms with Crippen molar-refractivity contribution in [3.63, 3.8) is 0 Å². The predicted molar refractivity (Wildman–Crippen MR) is 76.8 cm³/mol. The normalized spacial score (nSPS) is 10.2. The Morgan fingerprint density at radius 2 is 1.60 bits per heavy atom. The van der Waals surface area contributed by atoms with Crippen LogP contribution >= 0.6 is 0 Å². The van der Waals surface area contributed by atoms with Crippen molar-refractivity contribution in [3.8, 4) is 11.5 Å². The molecule has 0 aliphatic carbocycles. The largest absolute Gasteiger partial charge is 0.507 e. The van der Waals surface area contributed by atoms with E-state index in [1.807, 2.05) is 24.3 Å². The van der Waals surface area contributed by atoms with E-state index in [1.54, 1.807) is 0 Å². The van der Waals surface area contributed by atoms with Crippen LogP contribution in [0.5, 0.6) is 11.5 Å². The van der Waals surface area contributed by atoms with Crippen molar-refractivity contribution < 1.29 is 15.0 Å². The van der Waals surface area contributed by atoms with Crippen LogP contribution in [0.3, 0.4) is 0 Å². The van der Waals surface area contributed by atoms with E-state index < -0.39 is 5.91 Å². The smallest absolute Gasteiger partial charge is 0.259 e. The summed E-state index contributed by atoms with van der Waals surface area (Å²) < 4.78 is 0. The summed E-state index contributed by atoms with van der Waals surface area (Å²) in [6.07, 6.45) is 0.883. The summed E-state index contributed by atoms with van der Waals surface area (Å²) in [5.74, 6) is -0.955. The van der Waals surface area contributed by atoms with Gasteiger partial charge in [-0.05, 0) is 29.7 Å². The minimum absolute atomic E-state index is 0.0959. The van der Waals surface area contributed by atoms with Gasteiger partial charge in [-0.1, -0.05) is 37.3 Å². The number of amides is 1. The van der Waals surface area contributed by atoms with Crippen LogP contribution in [0.1, 0.15) is 28.4 Å². The standard InChI is InChI=1S/C16H17NO3/c1-2-11-6-3-4-7-12(11)10-17-16(20)15-13(18)8-5-9-14(15)19/h3-9,18-19H,2,10H2,1H3,(H,17,20). The molecule has 20 heavy (non-hydrogen) atoms. The number of hydrogen-bond donors (Lipinski definition) is 3. The van der Waals surface area contributed by atoms with Crippen LogP contribution in [0.25, 0.3) is 0 Å². The van der Waals surface area contributed by atoms with Gasteiger partial charge >= 0.3 is 0 Å². The lowest BCUT2D eigenvalue weighted by Gasteiger charge is -2.11. The van der Waals surface area contributed by atoms with Crippen molar-refractivity contribution in [3.05, 3.63) is 59.2 Å². The number of aromatic hydroxyl groups is 2. The summed E-state index contributed by atoms with van der Waals surface area (Å²) in [7, 11) is 0. The van der Waals surface area contributed by atoms with E-state index in [0.29, 0.717) is 6.54 Å². The zero-order valence-electron chi connectivity index (χ0n) is 11.3. The fraction of sp³-hybridized carbons (Fsp3) is 0.188. The SMILES string of the molecule is CCc1ccccc1CNC(=O)c1c(O)cccc1O. The molecule has 0 unspecified atom stereocenters. The van der Waals surface area contributed by atoms with Gasteiger partial charge in [-0.15, -0.1) is 0 Å². The quantitative estimate of drug-likeness (QED) is 0.800. The number of carbonyl (C=O) groups is 1. The van der Waals surface area contributed by atoms with Crippen LogP contribution < -0.4 is 5.32 Å². The fourth-order valence-electron chi connectivity index (χ4n) is 2.10. The second kappa shape index (κ2) is 6.10. The Morgan fingerprint density at radius 1 is 1.00 bits per heavy atom. The number of nitrogens with one attached hydrogen (secondary N) is 1. The molecule has 2 aromatic carbocycles. The molecule has 0 saturated carbocycles. The third-order valence-corrected chi connectivity index (χ3v) is 3.19. The van der Waals surface area contributed by atoms with Crippen LogP contribution in [-0.4, -0.2) is 16.1 Å². The molecular weight excluding hydrogens is 254 g/mol. The van der Waals surface area contributed by atoms with Crippen LogP contribution in [-0.2, 0) is 13.0 Å². The molecule has 0 spiro atoms. The number of aryl methyl sites for hydroxylation is 1. The summed E-state index contributed by atoms with van der Waals surface area (Å²) in [6, 6.07) is 12.1. The zero-order chi connectivity index (χ0) is 14.5. The number of hydrogen-bond acceptors (Lipinski definition) is 3. The predicted octanol–water partition coefficient (Wildman–Crippen LogP) is 2.59. The van der Waals surface area contributed by atoms with E-state index in [1.165, 1.54) is 18.2 Å². The first-order valence-corrected chi connectivity index (χ1v) is 6.49. The van der Waals surface area contributed by atoms with Gasteiger partial charge in [0, 0.05) is 6.54 Å². The second-order valence-electron chi connectivity index (χ2n) is 4.48. The van der Waals surface area contributed by atoms with Crippen molar-refractivity contribution in [1.82, 2.24) is 5.32 Å². The Hall–Kier alpha value is -2.49. The van der Waals surface area contributed by atoms with E-state index in [-0.39, 0.29) is 17.1 Å². The van der Waals surface area contributed by atoms with Crippen LogP contribution in [0, 0.1) is 0 Å². The fourth-order valence-corrected chi connectivity index (χ4v) is 2.10. The molecule has 0 aliphatic heterocycles. The lowest BCUT2D eigenvalue weighted by molar-refractivity contribution is 0.0945. The average Bonchev–Trinajstić information content (AvgIpc) is 2.45. The number of benzene rings is 2. The summed E-state index contributed by atoms with van der Waals surface area (Å²) in [5, 5.41) is 22.0. The first-order valence-electron chi connectivity index (χ1n) is 6.49. The van der Waals surface area contributed by atoms with Crippen molar-refractivity contribution in [1.29, 1.82) is 0 Å².